The minimum Gasteiger partial charge on any atom is -0.388 e. The van der Waals surface area contributed by atoms with Gasteiger partial charge in [0.15, 0.2) is 0 Å². The van der Waals surface area contributed by atoms with E-state index >= 15 is 0 Å². The molecule has 1 rings (SSSR count). The van der Waals surface area contributed by atoms with Crippen LogP contribution in [0, 0.1) is 5.92 Å². The lowest BCUT2D eigenvalue weighted by molar-refractivity contribution is -0.0661. The van der Waals surface area contributed by atoms with Crippen LogP contribution < -0.4 is 5.32 Å². The summed E-state index contributed by atoms with van der Waals surface area (Å²) in [6, 6.07) is 0.229. The summed E-state index contributed by atoms with van der Waals surface area (Å²) in [4.78, 5) is 0. The first-order chi connectivity index (χ1) is 6.11. The average molecular weight is 185 g/mol. The summed E-state index contributed by atoms with van der Waals surface area (Å²) in [6.07, 6.45) is 4.59. The highest BCUT2D eigenvalue weighted by Gasteiger charge is 2.40. The third-order valence-electron chi connectivity index (χ3n) is 3.58. The van der Waals surface area contributed by atoms with Gasteiger partial charge in [-0.25, -0.2) is 0 Å². The molecule has 0 radical (unpaired) electrons. The van der Waals surface area contributed by atoms with Crippen LogP contribution in [0.4, 0.5) is 0 Å². The van der Waals surface area contributed by atoms with Crippen LogP contribution in [0.15, 0.2) is 0 Å². The summed E-state index contributed by atoms with van der Waals surface area (Å²) in [6.45, 7) is 7.31. The highest BCUT2D eigenvalue weighted by atomic mass is 16.3. The molecule has 2 heteroatoms. The van der Waals surface area contributed by atoms with Crippen molar-refractivity contribution < 1.29 is 5.11 Å². The molecule has 1 aliphatic carbocycles. The molecule has 3 unspecified atom stereocenters. The molecule has 3 atom stereocenters. The highest BCUT2D eigenvalue weighted by molar-refractivity contribution is 4.95. The van der Waals surface area contributed by atoms with Gasteiger partial charge < -0.3 is 10.4 Å². The Morgan fingerprint density at radius 3 is 2.77 bits per heavy atom. The normalized spacial score (nSPS) is 37.4. The lowest BCUT2D eigenvalue weighted by Crippen LogP contribution is -2.54. The molecule has 1 saturated carbocycles. The van der Waals surface area contributed by atoms with E-state index in [0.29, 0.717) is 5.92 Å². The van der Waals surface area contributed by atoms with E-state index in [-0.39, 0.29) is 6.04 Å². The maximum atomic E-state index is 10.5. The monoisotopic (exact) mass is 185 g/mol. The quantitative estimate of drug-likeness (QED) is 0.704. The third-order valence-corrected chi connectivity index (χ3v) is 3.58. The Morgan fingerprint density at radius 1 is 1.54 bits per heavy atom. The molecule has 0 aromatic rings. The van der Waals surface area contributed by atoms with Crippen molar-refractivity contribution in [2.24, 2.45) is 5.92 Å². The molecule has 0 aromatic carbocycles. The second-order valence-electron chi connectivity index (χ2n) is 4.42. The Hall–Kier alpha value is -0.0800. The Kier molecular flexibility index (Phi) is 3.74. The fourth-order valence-corrected chi connectivity index (χ4v) is 2.48. The molecule has 1 fully saturated rings. The smallest absolute Gasteiger partial charge is 0.0822 e. The minimum atomic E-state index is -0.464. The van der Waals surface area contributed by atoms with E-state index in [9.17, 15) is 5.11 Å². The molecule has 0 aromatic heterocycles. The van der Waals surface area contributed by atoms with Crippen LogP contribution in [-0.2, 0) is 0 Å². The van der Waals surface area contributed by atoms with E-state index in [1.165, 1.54) is 19.3 Å². The van der Waals surface area contributed by atoms with Gasteiger partial charge in [0.1, 0.15) is 0 Å². The summed E-state index contributed by atoms with van der Waals surface area (Å²) < 4.78 is 0. The van der Waals surface area contributed by atoms with Gasteiger partial charge in [-0.1, -0.05) is 26.7 Å². The van der Waals surface area contributed by atoms with E-state index in [1.54, 1.807) is 0 Å². The maximum Gasteiger partial charge on any atom is 0.0822 e. The fraction of sp³-hybridized carbons (Fsp3) is 1.00. The van der Waals surface area contributed by atoms with E-state index in [2.05, 4.69) is 26.1 Å². The Labute approximate surface area is 81.7 Å². The molecule has 0 saturated heterocycles. The zero-order valence-electron chi connectivity index (χ0n) is 9.14. The van der Waals surface area contributed by atoms with Crippen LogP contribution in [0.25, 0.3) is 0 Å². The van der Waals surface area contributed by atoms with Crippen LogP contribution >= 0.6 is 0 Å². The van der Waals surface area contributed by atoms with Crippen LogP contribution in [0.2, 0.25) is 0 Å². The zero-order valence-corrected chi connectivity index (χ0v) is 9.14. The van der Waals surface area contributed by atoms with Crippen molar-refractivity contribution in [3.8, 4) is 0 Å². The zero-order chi connectivity index (χ0) is 9.90. The van der Waals surface area contributed by atoms with Gasteiger partial charge in [-0.05, 0) is 32.2 Å². The third kappa shape index (κ3) is 2.23. The van der Waals surface area contributed by atoms with Crippen molar-refractivity contribution in [3.63, 3.8) is 0 Å². The van der Waals surface area contributed by atoms with Crippen LogP contribution in [0.5, 0.6) is 0 Å². The number of likely N-dealkylation sites (N-methyl/N-ethyl adjacent to an activating group) is 1. The fourth-order valence-electron chi connectivity index (χ4n) is 2.48. The number of rotatable bonds is 3. The average Bonchev–Trinajstić information content (AvgIpc) is 2.11. The molecule has 78 valence electrons. The number of hydrogen-bond donors (Lipinski definition) is 2. The number of hydrogen-bond acceptors (Lipinski definition) is 2. The van der Waals surface area contributed by atoms with Gasteiger partial charge in [0.2, 0.25) is 0 Å². The molecule has 1 aliphatic rings. The second kappa shape index (κ2) is 4.43. The van der Waals surface area contributed by atoms with Gasteiger partial charge in [-0.3, -0.25) is 0 Å². The molecular weight excluding hydrogens is 162 g/mol. The molecule has 2 nitrogen and oxygen atoms in total. The summed E-state index contributed by atoms with van der Waals surface area (Å²) in [5.41, 5.74) is -0.464. The molecule has 0 bridgehead atoms. The molecule has 0 amide bonds. The second-order valence-corrected chi connectivity index (χ2v) is 4.42. The Balaban J connectivity index is 2.59. The standard InChI is InChI=1S/C11H23NO/c1-4-12-10(3)11(13)8-6-5-7-9(11)2/h9-10,12-13H,4-8H2,1-3H3. The molecule has 0 aliphatic heterocycles. The van der Waals surface area contributed by atoms with Gasteiger partial charge in [-0.15, -0.1) is 0 Å². The summed E-state index contributed by atoms with van der Waals surface area (Å²) in [7, 11) is 0. The lowest BCUT2D eigenvalue weighted by Gasteiger charge is -2.43. The summed E-state index contributed by atoms with van der Waals surface area (Å²) >= 11 is 0. The molecule has 13 heavy (non-hydrogen) atoms. The van der Waals surface area contributed by atoms with E-state index < -0.39 is 5.60 Å². The molecular formula is C11H23NO. The van der Waals surface area contributed by atoms with E-state index in [1.807, 2.05) is 0 Å². The Morgan fingerprint density at radius 2 is 2.23 bits per heavy atom. The van der Waals surface area contributed by atoms with E-state index in [0.717, 1.165) is 13.0 Å². The van der Waals surface area contributed by atoms with Gasteiger partial charge in [0.25, 0.3) is 0 Å². The minimum absolute atomic E-state index is 0.229. The van der Waals surface area contributed by atoms with Crippen molar-refractivity contribution in [1.82, 2.24) is 5.32 Å². The predicted molar refractivity (Wildman–Crippen MR) is 55.7 cm³/mol. The first-order valence-corrected chi connectivity index (χ1v) is 5.57. The van der Waals surface area contributed by atoms with Crippen molar-refractivity contribution >= 4 is 0 Å². The Bertz CT molecular complexity index is 160. The van der Waals surface area contributed by atoms with Crippen LogP contribution in [-0.4, -0.2) is 23.3 Å². The SMILES string of the molecule is CCNC(C)C1(O)CCCCC1C. The van der Waals surface area contributed by atoms with Crippen molar-refractivity contribution in [3.05, 3.63) is 0 Å². The summed E-state index contributed by atoms with van der Waals surface area (Å²) in [5, 5.41) is 13.8. The van der Waals surface area contributed by atoms with Gasteiger partial charge >= 0.3 is 0 Å². The maximum absolute atomic E-state index is 10.5. The topological polar surface area (TPSA) is 32.3 Å². The van der Waals surface area contributed by atoms with Crippen molar-refractivity contribution in [1.29, 1.82) is 0 Å². The van der Waals surface area contributed by atoms with Crippen LogP contribution in [0.3, 0.4) is 0 Å². The first kappa shape index (κ1) is 11.0. The van der Waals surface area contributed by atoms with Crippen molar-refractivity contribution in [2.45, 2.75) is 58.1 Å². The van der Waals surface area contributed by atoms with Crippen molar-refractivity contribution in [2.75, 3.05) is 6.54 Å². The van der Waals surface area contributed by atoms with Crippen LogP contribution in [0.1, 0.15) is 46.5 Å². The molecule has 0 heterocycles. The predicted octanol–water partition coefficient (Wildman–Crippen LogP) is 1.93. The highest BCUT2D eigenvalue weighted by Crippen LogP contribution is 2.35. The van der Waals surface area contributed by atoms with E-state index in [4.69, 9.17) is 0 Å². The van der Waals surface area contributed by atoms with Gasteiger partial charge in [-0.2, -0.15) is 0 Å². The van der Waals surface area contributed by atoms with Gasteiger partial charge in [0.05, 0.1) is 5.60 Å². The number of nitrogens with one attached hydrogen (secondary N) is 1. The molecule has 0 spiro atoms. The summed E-state index contributed by atoms with van der Waals surface area (Å²) in [5.74, 6) is 0.440. The lowest BCUT2D eigenvalue weighted by atomic mass is 9.72. The van der Waals surface area contributed by atoms with Gasteiger partial charge in [0, 0.05) is 6.04 Å². The molecule has 2 N–H and O–H groups in total. The largest absolute Gasteiger partial charge is 0.388 e. The number of aliphatic hydroxyl groups is 1. The first-order valence-electron chi connectivity index (χ1n) is 5.57.